The van der Waals surface area contributed by atoms with Crippen molar-refractivity contribution in [1.29, 1.82) is 0 Å². The van der Waals surface area contributed by atoms with Gasteiger partial charge in [-0.05, 0) is 47.9 Å². The predicted octanol–water partition coefficient (Wildman–Crippen LogP) is 3.42. The lowest BCUT2D eigenvalue weighted by molar-refractivity contribution is -0.129. The van der Waals surface area contributed by atoms with Crippen LogP contribution < -0.4 is 5.73 Å². The second kappa shape index (κ2) is 7.29. The molecule has 8 heteroatoms. The van der Waals surface area contributed by atoms with E-state index in [1.165, 1.54) is 30.3 Å². The third kappa shape index (κ3) is 3.01. The molecule has 0 spiro atoms. The Morgan fingerprint density at radius 2 is 1.80 bits per heavy atom. The summed E-state index contributed by atoms with van der Waals surface area (Å²) in [5.74, 6) is -0.412. The molecule has 0 bridgehead atoms. The molecule has 0 fully saturated rings. The molecule has 0 radical (unpaired) electrons. The van der Waals surface area contributed by atoms with Gasteiger partial charge in [-0.25, -0.2) is 13.8 Å². The standard InChI is InChI=1S/C22H19F2N5O/c1-13-17(7-4-9-26-13)14-5-3-6-15(11-14)22(20(30)29(2)21(25)28-22)16-8-10-27-18(12-16)19(23)24/h3-12,19H,1-2H3,(H2,25,28). The highest BCUT2D eigenvalue weighted by atomic mass is 19.3. The fourth-order valence-corrected chi connectivity index (χ4v) is 3.68. The molecule has 1 aliphatic heterocycles. The Kier molecular flexibility index (Phi) is 4.77. The average Bonchev–Trinajstić information content (AvgIpc) is 2.99. The molecular weight excluding hydrogens is 388 g/mol. The molecular formula is C22H19F2N5O. The maximum absolute atomic E-state index is 13.3. The zero-order valence-corrected chi connectivity index (χ0v) is 16.4. The van der Waals surface area contributed by atoms with Gasteiger partial charge in [0.15, 0.2) is 11.5 Å². The van der Waals surface area contributed by atoms with Crippen molar-refractivity contribution < 1.29 is 13.6 Å². The maximum atomic E-state index is 13.3. The Bertz CT molecular complexity index is 1160. The number of carbonyl (C=O) groups is 1. The van der Waals surface area contributed by atoms with Crippen LogP contribution in [0.2, 0.25) is 0 Å². The molecule has 1 unspecified atom stereocenters. The second-order valence-corrected chi connectivity index (χ2v) is 7.03. The Hall–Kier alpha value is -3.68. The van der Waals surface area contributed by atoms with E-state index < -0.39 is 23.6 Å². The van der Waals surface area contributed by atoms with Crippen molar-refractivity contribution in [3.63, 3.8) is 0 Å². The van der Waals surface area contributed by atoms with Gasteiger partial charge < -0.3 is 5.73 Å². The van der Waals surface area contributed by atoms with E-state index in [4.69, 9.17) is 5.73 Å². The van der Waals surface area contributed by atoms with Crippen molar-refractivity contribution >= 4 is 11.9 Å². The first-order valence-corrected chi connectivity index (χ1v) is 9.25. The van der Waals surface area contributed by atoms with Crippen LogP contribution in [0.5, 0.6) is 0 Å². The fourth-order valence-electron chi connectivity index (χ4n) is 3.68. The topological polar surface area (TPSA) is 84.5 Å². The van der Waals surface area contributed by atoms with Gasteiger partial charge in [0.05, 0.1) is 0 Å². The summed E-state index contributed by atoms with van der Waals surface area (Å²) < 4.78 is 26.6. The third-order valence-electron chi connectivity index (χ3n) is 5.26. The Labute approximate surface area is 172 Å². The minimum Gasteiger partial charge on any atom is -0.369 e. The van der Waals surface area contributed by atoms with Crippen molar-refractivity contribution in [1.82, 2.24) is 14.9 Å². The summed E-state index contributed by atoms with van der Waals surface area (Å²) in [6.07, 6.45) is 0.181. The summed E-state index contributed by atoms with van der Waals surface area (Å²) >= 11 is 0. The molecule has 1 atom stereocenters. The van der Waals surface area contributed by atoms with Crippen LogP contribution in [-0.2, 0) is 10.3 Å². The first-order chi connectivity index (χ1) is 14.3. The van der Waals surface area contributed by atoms with E-state index in [-0.39, 0.29) is 11.5 Å². The molecule has 2 aromatic heterocycles. The summed E-state index contributed by atoms with van der Waals surface area (Å²) in [5.41, 5.74) is 7.33. The predicted molar refractivity (Wildman–Crippen MR) is 109 cm³/mol. The number of carbonyl (C=O) groups excluding carboxylic acids is 1. The number of hydrogen-bond donors (Lipinski definition) is 1. The minimum atomic E-state index is -2.78. The van der Waals surface area contributed by atoms with Gasteiger partial charge in [0.2, 0.25) is 0 Å². The van der Waals surface area contributed by atoms with Crippen molar-refractivity contribution in [2.45, 2.75) is 18.9 Å². The number of aliphatic imine (C=N–C) groups is 1. The van der Waals surface area contributed by atoms with Crippen LogP contribution >= 0.6 is 0 Å². The monoisotopic (exact) mass is 407 g/mol. The summed E-state index contributed by atoms with van der Waals surface area (Å²) in [6.45, 7) is 1.89. The van der Waals surface area contributed by atoms with E-state index in [0.717, 1.165) is 16.8 Å². The van der Waals surface area contributed by atoms with Crippen molar-refractivity contribution in [2.24, 2.45) is 10.7 Å². The molecule has 1 aliphatic rings. The van der Waals surface area contributed by atoms with E-state index >= 15 is 0 Å². The van der Waals surface area contributed by atoms with Gasteiger partial charge in [-0.1, -0.05) is 24.3 Å². The van der Waals surface area contributed by atoms with E-state index in [1.54, 1.807) is 18.3 Å². The van der Waals surface area contributed by atoms with Gasteiger partial charge >= 0.3 is 0 Å². The van der Waals surface area contributed by atoms with Crippen LogP contribution in [-0.4, -0.2) is 33.8 Å². The maximum Gasteiger partial charge on any atom is 0.280 e. The molecule has 152 valence electrons. The molecule has 6 nitrogen and oxygen atoms in total. The van der Waals surface area contributed by atoms with Crippen LogP contribution in [0, 0.1) is 6.92 Å². The Balaban J connectivity index is 1.96. The number of aryl methyl sites for hydroxylation is 1. The van der Waals surface area contributed by atoms with Crippen LogP contribution in [0.1, 0.15) is 28.9 Å². The number of halogens is 2. The quantitative estimate of drug-likeness (QED) is 0.718. The molecule has 0 aliphatic carbocycles. The first kappa shape index (κ1) is 19.6. The number of amides is 1. The lowest BCUT2D eigenvalue weighted by atomic mass is 9.81. The molecule has 1 aromatic carbocycles. The normalized spacial score (nSPS) is 18.8. The molecule has 0 saturated heterocycles. The number of guanidine groups is 1. The Morgan fingerprint density at radius 1 is 1.03 bits per heavy atom. The fraction of sp³-hybridized carbons (Fsp3) is 0.182. The second-order valence-electron chi connectivity index (χ2n) is 7.03. The number of nitrogens with zero attached hydrogens (tertiary/aromatic N) is 4. The molecule has 0 saturated carbocycles. The lowest BCUT2D eigenvalue weighted by Gasteiger charge is -2.27. The minimum absolute atomic E-state index is 0.0124. The zero-order valence-electron chi connectivity index (χ0n) is 16.4. The number of hydrogen-bond acceptors (Lipinski definition) is 5. The van der Waals surface area contributed by atoms with Crippen LogP contribution in [0.4, 0.5) is 8.78 Å². The van der Waals surface area contributed by atoms with Gasteiger partial charge in [-0.2, -0.15) is 0 Å². The molecule has 3 aromatic rings. The van der Waals surface area contributed by atoms with Gasteiger partial charge in [0.1, 0.15) is 5.69 Å². The number of pyridine rings is 2. The average molecular weight is 407 g/mol. The number of benzene rings is 1. The van der Waals surface area contributed by atoms with Gasteiger partial charge in [0.25, 0.3) is 12.3 Å². The number of alkyl halides is 2. The number of likely N-dealkylation sites (N-methyl/N-ethyl adjacent to an activating group) is 1. The highest BCUT2D eigenvalue weighted by Crippen LogP contribution is 2.41. The van der Waals surface area contributed by atoms with Crippen LogP contribution in [0.3, 0.4) is 0 Å². The van der Waals surface area contributed by atoms with E-state index in [2.05, 4.69) is 15.0 Å². The molecule has 4 rings (SSSR count). The molecule has 30 heavy (non-hydrogen) atoms. The summed E-state index contributed by atoms with van der Waals surface area (Å²) in [6, 6.07) is 13.7. The first-order valence-electron chi connectivity index (χ1n) is 9.25. The van der Waals surface area contributed by atoms with Crippen LogP contribution in [0.25, 0.3) is 11.1 Å². The number of aromatic nitrogens is 2. The lowest BCUT2D eigenvalue weighted by Crippen LogP contribution is -2.41. The molecule has 3 heterocycles. The van der Waals surface area contributed by atoms with Crippen molar-refractivity contribution in [3.05, 3.63) is 83.4 Å². The third-order valence-corrected chi connectivity index (χ3v) is 5.26. The van der Waals surface area contributed by atoms with E-state index in [1.807, 2.05) is 31.2 Å². The number of rotatable bonds is 4. The molecule has 1 amide bonds. The highest BCUT2D eigenvalue weighted by Gasteiger charge is 2.49. The largest absolute Gasteiger partial charge is 0.369 e. The van der Waals surface area contributed by atoms with Crippen molar-refractivity contribution in [3.8, 4) is 11.1 Å². The highest BCUT2D eigenvalue weighted by molar-refractivity contribution is 6.09. The number of nitrogens with two attached hydrogens (primary N) is 1. The summed E-state index contributed by atoms with van der Waals surface area (Å²) in [4.78, 5) is 27.1. The Morgan fingerprint density at radius 3 is 2.47 bits per heavy atom. The van der Waals surface area contributed by atoms with E-state index in [9.17, 15) is 13.6 Å². The summed E-state index contributed by atoms with van der Waals surface area (Å²) in [5, 5.41) is 0. The zero-order chi connectivity index (χ0) is 21.5. The van der Waals surface area contributed by atoms with Gasteiger partial charge in [-0.15, -0.1) is 0 Å². The molecule has 2 N–H and O–H groups in total. The van der Waals surface area contributed by atoms with Crippen molar-refractivity contribution in [2.75, 3.05) is 7.05 Å². The van der Waals surface area contributed by atoms with Gasteiger partial charge in [0, 0.05) is 30.7 Å². The smallest absolute Gasteiger partial charge is 0.280 e. The van der Waals surface area contributed by atoms with Crippen LogP contribution in [0.15, 0.2) is 65.9 Å². The summed E-state index contributed by atoms with van der Waals surface area (Å²) in [7, 11) is 1.51. The van der Waals surface area contributed by atoms with E-state index in [0.29, 0.717) is 5.56 Å². The SMILES string of the molecule is Cc1ncccc1-c1cccc(C2(c3ccnc(C(F)F)c3)N=C(N)N(C)C2=O)c1. The van der Waals surface area contributed by atoms with Gasteiger partial charge in [-0.3, -0.25) is 19.7 Å².